The molecule has 1 aromatic heterocycles. The standard InChI is InChI=1S/C18H15Cl2N3O2S/c1-2-23-17(25)11-6-3-4-8-13(11)22-18(23)26-10-15(24)21-14-9-5-7-12(19)16(14)20/h3-9H,2,10H2,1H3,(H,21,24). The van der Waals surface area contributed by atoms with Gasteiger partial charge in [0, 0.05) is 6.54 Å². The van der Waals surface area contributed by atoms with E-state index in [1.165, 1.54) is 11.8 Å². The number of carbonyl (C=O) groups is 1. The molecular formula is C18H15Cl2N3O2S. The molecule has 0 saturated heterocycles. The molecular weight excluding hydrogens is 393 g/mol. The summed E-state index contributed by atoms with van der Waals surface area (Å²) in [6.45, 7) is 2.34. The maximum absolute atomic E-state index is 12.6. The zero-order valence-corrected chi connectivity index (χ0v) is 16.2. The fourth-order valence-corrected chi connectivity index (χ4v) is 3.66. The number of anilines is 1. The number of thioether (sulfide) groups is 1. The molecule has 0 bridgehead atoms. The summed E-state index contributed by atoms with van der Waals surface area (Å²) in [6.07, 6.45) is 0. The number of nitrogens with one attached hydrogen (secondary N) is 1. The van der Waals surface area contributed by atoms with Crippen LogP contribution in [0.5, 0.6) is 0 Å². The van der Waals surface area contributed by atoms with E-state index in [4.69, 9.17) is 23.2 Å². The van der Waals surface area contributed by atoms with Crippen molar-refractivity contribution < 1.29 is 4.79 Å². The second-order valence-corrected chi connectivity index (χ2v) is 7.13. The normalized spacial score (nSPS) is 10.9. The second-order valence-electron chi connectivity index (χ2n) is 5.40. The molecule has 0 aliphatic heterocycles. The lowest BCUT2D eigenvalue weighted by Gasteiger charge is -2.11. The highest BCUT2D eigenvalue weighted by atomic mass is 35.5. The van der Waals surface area contributed by atoms with Gasteiger partial charge in [-0.1, -0.05) is 53.2 Å². The van der Waals surface area contributed by atoms with E-state index in [2.05, 4.69) is 10.3 Å². The molecule has 0 atom stereocenters. The highest BCUT2D eigenvalue weighted by Gasteiger charge is 2.13. The van der Waals surface area contributed by atoms with E-state index >= 15 is 0 Å². The molecule has 3 rings (SSSR count). The van der Waals surface area contributed by atoms with Crippen LogP contribution >= 0.6 is 35.0 Å². The van der Waals surface area contributed by atoms with E-state index in [1.54, 1.807) is 41.0 Å². The van der Waals surface area contributed by atoms with Crippen molar-refractivity contribution in [3.8, 4) is 0 Å². The average molecular weight is 408 g/mol. The Morgan fingerprint density at radius 2 is 1.96 bits per heavy atom. The molecule has 8 heteroatoms. The third-order valence-corrected chi connectivity index (χ3v) is 5.50. The van der Waals surface area contributed by atoms with Gasteiger partial charge < -0.3 is 5.32 Å². The van der Waals surface area contributed by atoms with Crippen molar-refractivity contribution in [2.24, 2.45) is 0 Å². The summed E-state index contributed by atoms with van der Waals surface area (Å²) in [5, 5.41) is 4.45. The van der Waals surface area contributed by atoms with E-state index in [-0.39, 0.29) is 17.2 Å². The Kier molecular flexibility index (Phi) is 5.86. The van der Waals surface area contributed by atoms with Crippen molar-refractivity contribution >= 4 is 57.5 Å². The molecule has 0 unspecified atom stereocenters. The molecule has 3 aromatic rings. The number of para-hydroxylation sites is 1. The molecule has 0 aliphatic rings. The summed E-state index contributed by atoms with van der Waals surface area (Å²) < 4.78 is 1.56. The quantitative estimate of drug-likeness (QED) is 0.500. The SMILES string of the molecule is CCn1c(SCC(=O)Nc2cccc(Cl)c2Cl)nc2ccccc2c1=O. The van der Waals surface area contributed by atoms with Crippen molar-refractivity contribution in [1.82, 2.24) is 9.55 Å². The number of halogens is 2. The number of hydrogen-bond acceptors (Lipinski definition) is 4. The Morgan fingerprint density at radius 1 is 1.19 bits per heavy atom. The van der Waals surface area contributed by atoms with Crippen LogP contribution in [0.3, 0.4) is 0 Å². The summed E-state index contributed by atoms with van der Waals surface area (Å²) in [4.78, 5) is 29.3. The summed E-state index contributed by atoms with van der Waals surface area (Å²) >= 11 is 13.2. The Labute approximate surface area is 164 Å². The third-order valence-electron chi connectivity index (χ3n) is 3.70. The van der Waals surface area contributed by atoms with Gasteiger partial charge in [-0.3, -0.25) is 14.2 Å². The fraction of sp³-hybridized carbons (Fsp3) is 0.167. The minimum Gasteiger partial charge on any atom is -0.324 e. The van der Waals surface area contributed by atoms with E-state index in [9.17, 15) is 9.59 Å². The van der Waals surface area contributed by atoms with Crippen LogP contribution in [0, 0.1) is 0 Å². The summed E-state index contributed by atoms with van der Waals surface area (Å²) in [6, 6.07) is 12.2. The highest BCUT2D eigenvalue weighted by Crippen LogP contribution is 2.29. The number of nitrogens with zero attached hydrogens (tertiary/aromatic N) is 2. The number of carbonyl (C=O) groups excluding carboxylic acids is 1. The zero-order valence-electron chi connectivity index (χ0n) is 13.8. The molecule has 0 saturated carbocycles. The lowest BCUT2D eigenvalue weighted by Crippen LogP contribution is -2.23. The molecule has 2 aromatic carbocycles. The van der Waals surface area contributed by atoms with Crippen molar-refractivity contribution in [3.05, 3.63) is 62.9 Å². The van der Waals surface area contributed by atoms with Gasteiger partial charge >= 0.3 is 0 Å². The molecule has 0 radical (unpaired) electrons. The predicted octanol–water partition coefficient (Wildman–Crippen LogP) is 4.45. The number of rotatable bonds is 5. The first-order valence-electron chi connectivity index (χ1n) is 7.87. The molecule has 5 nitrogen and oxygen atoms in total. The lowest BCUT2D eigenvalue weighted by molar-refractivity contribution is -0.113. The Morgan fingerprint density at radius 3 is 2.73 bits per heavy atom. The molecule has 1 heterocycles. The number of amides is 1. The summed E-state index contributed by atoms with van der Waals surface area (Å²) in [7, 11) is 0. The van der Waals surface area contributed by atoms with Gasteiger partial charge in [0.2, 0.25) is 5.91 Å². The minimum atomic E-state index is -0.260. The van der Waals surface area contributed by atoms with Gasteiger partial charge in [-0.2, -0.15) is 0 Å². The molecule has 0 fully saturated rings. The van der Waals surface area contributed by atoms with Gasteiger partial charge in [0.1, 0.15) is 0 Å². The van der Waals surface area contributed by atoms with Crippen LogP contribution in [0.4, 0.5) is 5.69 Å². The maximum Gasteiger partial charge on any atom is 0.262 e. The van der Waals surface area contributed by atoms with Gasteiger partial charge in [-0.15, -0.1) is 0 Å². The highest BCUT2D eigenvalue weighted by molar-refractivity contribution is 7.99. The van der Waals surface area contributed by atoms with Crippen LogP contribution < -0.4 is 10.9 Å². The van der Waals surface area contributed by atoms with Crippen LogP contribution in [0.15, 0.2) is 52.4 Å². The predicted molar refractivity (Wildman–Crippen MR) is 107 cm³/mol. The van der Waals surface area contributed by atoms with Gasteiger partial charge in [-0.25, -0.2) is 4.98 Å². The molecule has 1 amide bonds. The molecule has 0 aliphatic carbocycles. The third kappa shape index (κ3) is 3.87. The van der Waals surface area contributed by atoms with Gasteiger partial charge in [-0.05, 0) is 31.2 Å². The summed E-state index contributed by atoms with van der Waals surface area (Å²) in [5.41, 5.74) is 0.950. The number of fused-ring (bicyclic) bond motifs is 1. The monoisotopic (exact) mass is 407 g/mol. The van der Waals surface area contributed by atoms with Crippen molar-refractivity contribution in [3.63, 3.8) is 0 Å². The van der Waals surface area contributed by atoms with Crippen molar-refractivity contribution in [1.29, 1.82) is 0 Å². The molecule has 26 heavy (non-hydrogen) atoms. The van der Waals surface area contributed by atoms with Crippen LogP contribution in [-0.2, 0) is 11.3 Å². The van der Waals surface area contributed by atoms with Gasteiger partial charge in [0.05, 0.1) is 32.4 Å². The Hall–Kier alpha value is -2.02. The first kappa shape index (κ1) is 18.8. The second kappa shape index (κ2) is 8.12. The Bertz CT molecular complexity index is 1040. The zero-order chi connectivity index (χ0) is 18.7. The summed E-state index contributed by atoms with van der Waals surface area (Å²) in [5.74, 6) is -0.169. The van der Waals surface area contributed by atoms with Crippen LogP contribution in [0.2, 0.25) is 10.0 Å². The van der Waals surface area contributed by atoms with E-state index in [1.807, 2.05) is 13.0 Å². The molecule has 134 valence electrons. The smallest absolute Gasteiger partial charge is 0.262 e. The Balaban J connectivity index is 1.80. The van der Waals surface area contributed by atoms with E-state index in [0.29, 0.717) is 38.3 Å². The van der Waals surface area contributed by atoms with Crippen LogP contribution in [0.1, 0.15) is 6.92 Å². The lowest BCUT2D eigenvalue weighted by atomic mass is 10.2. The maximum atomic E-state index is 12.6. The fourth-order valence-electron chi connectivity index (χ4n) is 2.45. The average Bonchev–Trinajstić information content (AvgIpc) is 2.64. The van der Waals surface area contributed by atoms with Crippen LogP contribution in [0.25, 0.3) is 10.9 Å². The number of benzene rings is 2. The topological polar surface area (TPSA) is 64.0 Å². The van der Waals surface area contributed by atoms with Crippen molar-refractivity contribution in [2.45, 2.75) is 18.6 Å². The van der Waals surface area contributed by atoms with E-state index in [0.717, 1.165) is 0 Å². The first-order valence-corrected chi connectivity index (χ1v) is 9.61. The van der Waals surface area contributed by atoms with Crippen molar-refractivity contribution in [2.75, 3.05) is 11.1 Å². The molecule has 0 spiro atoms. The number of aromatic nitrogens is 2. The van der Waals surface area contributed by atoms with Gasteiger partial charge in [0.25, 0.3) is 5.56 Å². The van der Waals surface area contributed by atoms with Gasteiger partial charge in [0.15, 0.2) is 5.16 Å². The molecule has 1 N–H and O–H groups in total. The van der Waals surface area contributed by atoms with Crippen LogP contribution in [-0.4, -0.2) is 21.2 Å². The number of hydrogen-bond donors (Lipinski definition) is 1. The minimum absolute atomic E-state index is 0.0909. The van der Waals surface area contributed by atoms with E-state index < -0.39 is 0 Å². The first-order chi connectivity index (χ1) is 12.5. The largest absolute Gasteiger partial charge is 0.324 e.